The van der Waals surface area contributed by atoms with Crippen LogP contribution in [0.15, 0.2) is 36.4 Å². The predicted molar refractivity (Wildman–Crippen MR) is 118 cm³/mol. The van der Waals surface area contributed by atoms with E-state index < -0.39 is 0 Å². The largest absolute Gasteiger partial charge is 0.369 e. The number of piperazine rings is 1. The first-order valence-corrected chi connectivity index (χ1v) is 10.4. The molecule has 1 amide bonds. The molecule has 0 aromatic heterocycles. The normalized spacial score (nSPS) is 14.9. The minimum atomic E-state index is 0.0497. The third kappa shape index (κ3) is 5.63. The molecule has 1 fully saturated rings. The van der Waals surface area contributed by atoms with Crippen LogP contribution in [0.25, 0.3) is 0 Å². The number of carbonyl (C=O) groups is 1. The van der Waals surface area contributed by atoms with Crippen molar-refractivity contribution < 1.29 is 4.79 Å². The number of hydrogen-bond donors (Lipinski definition) is 1. The summed E-state index contributed by atoms with van der Waals surface area (Å²) in [6.45, 7) is 6.62. The summed E-state index contributed by atoms with van der Waals surface area (Å²) in [5.41, 5.74) is 4.57. The molecular weight excluding hydrogens is 393 g/mol. The molecule has 28 heavy (non-hydrogen) atoms. The lowest BCUT2D eigenvalue weighted by Crippen LogP contribution is -2.44. The van der Waals surface area contributed by atoms with Crippen LogP contribution in [0.3, 0.4) is 0 Å². The second-order valence-electron chi connectivity index (χ2n) is 7.41. The van der Waals surface area contributed by atoms with Crippen LogP contribution in [-0.2, 0) is 17.8 Å². The molecule has 150 valence electrons. The molecule has 1 N–H and O–H groups in total. The van der Waals surface area contributed by atoms with Gasteiger partial charge in [0.1, 0.15) is 0 Å². The standard InChI is InChI=1S/C22H27Cl2N3O/c1-16-13-19(24)14-21(27-11-9-26(2)10-12-27)20(16)7-8-22(28)25-15-17-3-5-18(23)6-4-17/h3-6,13-14H,7-12,15H2,1-2H3,(H,25,28). The van der Waals surface area contributed by atoms with Crippen molar-refractivity contribution in [2.45, 2.75) is 26.3 Å². The van der Waals surface area contributed by atoms with E-state index in [9.17, 15) is 4.79 Å². The Kier molecular flexibility index (Phi) is 7.22. The molecule has 3 rings (SSSR count). The fourth-order valence-electron chi connectivity index (χ4n) is 3.54. The maximum atomic E-state index is 12.4. The summed E-state index contributed by atoms with van der Waals surface area (Å²) in [6, 6.07) is 11.6. The number of rotatable bonds is 6. The molecule has 0 unspecified atom stereocenters. The number of aryl methyl sites for hydroxylation is 1. The highest BCUT2D eigenvalue weighted by Gasteiger charge is 2.19. The Labute approximate surface area is 177 Å². The number of anilines is 1. The van der Waals surface area contributed by atoms with Crippen molar-refractivity contribution >= 4 is 34.8 Å². The second-order valence-corrected chi connectivity index (χ2v) is 8.29. The number of likely N-dealkylation sites (N-methyl/N-ethyl adjacent to an activating group) is 1. The van der Waals surface area contributed by atoms with Crippen molar-refractivity contribution in [1.82, 2.24) is 10.2 Å². The van der Waals surface area contributed by atoms with Crippen molar-refractivity contribution in [2.75, 3.05) is 38.1 Å². The smallest absolute Gasteiger partial charge is 0.220 e. The molecule has 0 spiro atoms. The Hall–Kier alpha value is -1.75. The molecule has 0 bridgehead atoms. The SMILES string of the molecule is Cc1cc(Cl)cc(N2CCN(C)CC2)c1CCC(=O)NCc1ccc(Cl)cc1. The summed E-state index contributed by atoms with van der Waals surface area (Å²) >= 11 is 12.2. The Morgan fingerprint density at radius 3 is 2.39 bits per heavy atom. The lowest BCUT2D eigenvalue weighted by Gasteiger charge is -2.35. The van der Waals surface area contributed by atoms with Gasteiger partial charge < -0.3 is 15.1 Å². The zero-order valence-corrected chi connectivity index (χ0v) is 18.0. The van der Waals surface area contributed by atoms with Gasteiger partial charge in [-0.25, -0.2) is 0 Å². The number of carbonyl (C=O) groups excluding carboxylic acids is 1. The average molecular weight is 420 g/mol. The fraction of sp³-hybridized carbons (Fsp3) is 0.409. The molecule has 1 saturated heterocycles. The maximum Gasteiger partial charge on any atom is 0.220 e. The van der Waals surface area contributed by atoms with E-state index in [1.807, 2.05) is 36.4 Å². The maximum absolute atomic E-state index is 12.4. The Balaban J connectivity index is 1.62. The Morgan fingerprint density at radius 2 is 1.71 bits per heavy atom. The fourth-order valence-corrected chi connectivity index (χ4v) is 3.93. The van der Waals surface area contributed by atoms with E-state index in [0.29, 0.717) is 24.4 Å². The van der Waals surface area contributed by atoms with E-state index >= 15 is 0 Å². The van der Waals surface area contributed by atoms with Crippen LogP contribution in [0, 0.1) is 6.92 Å². The van der Waals surface area contributed by atoms with Gasteiger partial charge >= 0.3 is 0 Å². The summed E-state index contributed by atoms with van der Waals surface area (Å²) in [7, 11) is 2.15. The number of amides is 1. The first-order valence-electron chi connectivity index (χ1n) is 9.66. The van der Waals surface area contributed by atoms with Gasteiger partial charge in [-0.05, 0) is 61.3 Å². The monoisotopic (exact) mass is 419 g/mol. The summed E-state index contributed by atoms with van der Waals surface area (Å²) in [5, 5.41) is 4.45. The summed E-state index contributed by atoms with van der Waals surface area (Å²) < 4.78 is 0. The zero-order chi connectivity index (χ0) is 20.1. The highest BCUT2D eigenvalue weighted by molar-refractivity contribution is 6.31. The third-order valence-electron chi connectivity index (χ3n) is 5.26. The van der Waals surface area contributed by atoms with Gasteiger partial charge in [0.25, 0.3) is 0 Å². The van der Waals surface area contributed by atoms with Gasteiger partial charge in [-0.2, -0.15) is 0 Å². The predicted octanol–water partition coefficient (Wildman–Crippen LogP) is 4.30. The molecule has 2 aromatic rings. The highest BCUT2D eigenvalue weighted by Crippen LogP contribution is 2.30. The molecule has 1 aliphatic rings. The topological polar surface area (TPSA) is 35.6 Å². The minimum Gasteiger partial charge on any atom is -0.369 e. The minimum absolute atomic E-state index is 0.0497. The number of nitrogens with zero attached hydrogens (tertiary/aromatic N) is 2. The lowest BCUT2D eigenvalue weighted by atomic mass is 10.00. The molecule has 4 nitrogen and oxygen atoms in total. The number of nitrogens with one attached hydrogen (secondary N) is 1. The number of halogens is 2. The van der Waals surface area contributed by atoms with Gasteiger partial charge in [0.2, 0.25) is 5.91 Å². The molecule has 1 heterocycles. The van der Waals surface area contributed by atoms with Crippen molar-refractivity contribution in [1.29, 1.82) is 0 Å². The summed E-state index contributed by atoms with van der Waals surface area (Å²) in [6.07, 6.45) is 1.16. The molecule has 0 radical (unpaired) electrons. The van der Waals surface area contributed by atoms with E-state index in [4.69, 9.17) is 23.2 Å². The van der Waals surface area contributed by atoms with Gasteiger partial charge in [-0.1, -0.05) is 35.3 Å². The van der Waals surface area contributed by atoms with Crippen molar-refractivity contribution in [2.24, 2.45) is 0 Å². The molecule has 6 heteroatoms. The van der Waals surface area contributed by atoms with Crippen LogP contribution in [0.2, 0.25) is 10.0 Å². The van der Waals surface area contributed by atoms with Gasteiger partial charge in [-0.15, -0.1) is 0 Å². The van der Waals surface area contributed by atoms with Crippen LogP contribution in [0.5, 0.6) is 0 Å². The van der Waals surface area contributed by atoms with E-state index in [1.54, 1.807) is 0 Å². The first-order chi connectivity index (χ1) is 13.4. The quantitative estimate of drug-likeness (QED) is 0.757. The van der Waals surface area contributed by atoms with Crippen molar-refractivity contribution in [3.63, 3.8) is 0 Å². The Morgan fingerprint density at radius 1 is 1.04 bits per heavy atom. The van der Waals surface area contributed by atoms with Crippen LogP contribution in [-0.4, -0.2) is 44.0 Å². The average Bonchev–Trinajstić information content (AvgIpc) is 2.67. The van der Waals surface area contributed by atoms with Crippen LogP contribution in [0.4, 0.5) is 5.69 Å². The first kappa shape index (κ1) is 21.0. The van der Waals surface area contributed by atoms with E-state index in [2.05, 4.69) is 29.1 Å². The van der Waals surface area contributed by atoms with Crippen molar-refractivity contribution in [3.8, 4) is 0 Å². The number of hydrogen-bond acceptors (Lipinski definition) is 3. The van der Waals surface area contributed by atoms with Gasteiger partial charge in [0.05, 0.1) is 0 Å². The molecular formula is C22H27Cl2N3O. The molecule has 2 aromatic carbocycles. The zero-order valence-electron chi connectivity index (χ0n) is 16.5. The van der Waals surface area contributed by atoms with Gasteiger partial charge in [0.15, 0.2) is 0 Å². The highest BCUT2D eigenvalue weighted by atomic mass is 35.5. The second kappa shape index (κ2) is 9.64. The number of benzene rings is 2. The van der Waals surface area contributed by atoms with Crippen molar-refractivity contribution in [3.05, 3.63) is 63.1 Å². The van der Waals surface area contributed by atoms with Crippen LogP contribution >= 0.6 is 23.2 Å². The lowest BCUT2D eigenvalue weighted by molar-refractivity contribution is -0.121. The van der Waals surface area contributed by atoms with E-state index in [1.165, 1.54) is 11.3 Å². The van der Waals surface area contributed by atoms with Crippen LogP contribution < -0.4 is 10.2 Å². The van der Waals surface area contributed by atoms with E-state index in [0.717, 1.165) is 42.3 Å². The van der Waals surface area contributed by atoms with Crippen LogP contribution in [0.1, 0.15) is 23.1 Å². The molecule has 0 atom stereocenters. The summed E-state index contributed by atoms with van der Waals surface area (Å²) in [4.78, 5) is 17.1. The molecule has 0 aliphatic carbocycles. The molecule has 1 aliphatic heterocycles. The molecule has 0 saturated carbocycles. The third-order valence-corrected chi connectivity index (χ3v) is 5.73. The summed E-state index contributed by atoms with van der Waals surface area (Å²) in [5.74, 6) is 0.0497. The Bertz CT molecular complexity index is 815. The van der Waals surface area contributed by atoms with E-state index in [-0.39, 0.29) is 5.91 Å². The van der Waals surface area contributed by atoms with Gasteiger partial charge in [0, 0.05) is 54.9 Å². The van der Waals surface area contributed by atoms with Gasteiger partial charge in [-0.3, -0.25) is 4.79 Å².